The third-order valence-corrected chi connectivity index (χ3v) is 5.37. The molecule has 0 bridgehead atoms. The standard InChI is InChI=1S/C22H14F5N7O/c1-10-31-18(19-20(28)30-9-16(24)34(10)19)11-4-5-33-15(8-29-17(33)6-11)21(35)32-14-7-12(22(25,26)27)2-3-13(14)23/h2-9H,1H3,(H2,28,30)(H,32,35). The average molecular weight is 487 g/mol. The van der Waals surface area contributed by atoms with Gasteiger partial charge in [-0.15, -0.1) is 0 Å². The molecule has 8 nitrogen and oxygen atoms in total. The van der Waals surface area contributed by atoms with Crippen LogP contribution in [0.5, 0.6) is 0 Å². The molecule has 1 aromatic carbocycles. The Morgan fingerprint density at radius 2 is 1.86 bits per heavy atom. The fraction of sp³-hybridized carbons (Fsp3) is 0.0909. The molecule has 0 saturated carbocycles. The Hall–Kier alpha value is -4.55. The third-order valence-electron chi connectivity index (χ3n) is 5.37. The number of fused-ring (bicyclic) bond motifs is 2. The van der Waals surface area contributed by atoms with E-state index in [1.807, 2.05) is 0 Å². The maximum absolute atomic E-state index is 14.3. The second-order valence-corrected chi connectivity index (χ2v) is 7.59. The minimum absolute atomic E-state index is 0.0542. The number of nitrogens with two attached hydrogens (primary N) is 1. The highest BCUT2D eigenvalue weighted by Crippen LogP contribution is 2.32. The SMILES string of the molecule is Cc1nc(-c2ccn3c(C(=O)Nc4cc(C(F)(F)F)ccc4F)cnc3c2)c2c(N)ncc(F)n12. The molecule has 35 heavy (non-hydrogen) atoms. The number of nitrogen functional groups attached to an aromatic ring is 1. The van der Waals surface area contributed by atoms with Gasteiger partial charge in [0, 0.05) is 11.8 Å². The zero-order valence-electron chi connectivity index (χ0n) is 17.7. The van der Waals surface area contributed by atoms with Gasteiger partial charge in [0.25, 0.3) is 5.91 Å². The smallest absolute Gasteiger partial charge is 0.382 e. The number of carbonyl (C=O) groups excluding carboxylic acids is 1. The topological polar surface area (TPSA) is 103 Å². The molecule has 178 valence electrons. The van der Waals surface area contributed by atoms with Gasteiger partial charge in [0.1, 0.15) is 40.0 Å². The van der Waals surface area contributed by atoms with Crippen molar-refractivity contribution in [3.05, 3.63) is 77.8 Å². The summed E-state index contributed by atoms with van der Waals surface area (Å²) in [5.41, 5.74) is 5.54. The van der Waals surface area contributed by atoms with E-state index in [0.29, 0.717) is 35.3 Å². The number of hydrogen-bond acceptors (Lipinski definition) is 5. The number of nitrogens with one attached hydrogen (secondary N) is 1. The molecule has 0 aliphatic rings. The molecule has 5 rings (SSSR count). The van der Waals surface area contributed by atoms with Gasteiger partial charge in [-0.05, 0) is 37.3 Å². The van der Waals surface area contributed by atoms with E-state index in [0.717, 1.165) is 6.20 Å². The first-order chi connectivity index (χ1) is 16.5. The molecule has 13 heteroatoms. The molecule has 1 amide bonds. The number of amides is 1. The van der Waals surface area contributed by atoms with Crippen molar-refractivity contribution in [2.45, 2.75) is 13.1 Å². The average Bonchev–Trinajstić information content (AvgIpc) is 3.38. The lowest BCUT2D eigenvalue weighted by Gasteiger charge is -2.11. The largest absolute Gasteiger partial charge is 0.416 e. The van der Waals surface area contributed by atoms with E-state index in [9.17, 15) is 26.7 Å². The predicted octanol–water partition coefficient (Wildman–Crippen LogP) is 4.48. The fourth-order valence-corrected chi connectivity index (χ4v) is 3.75. The van der Waals surface area contributed by atoms with Crippen molar-refractivity contribution in [3.63, 3.8) is 0 Å². The Morgan fingerprint density at radius 3 is 2.60 bits per heavy atom. The summed E-state index contributed by atoms with van der Waals surface area (Å²) in [5, 5.41) is 2.15. The first-order valence-electron chi connectivity index (χ1n) is 9.99. The van der Waals surface area contributed by atoms with E-state index in [2.05, 4.69) is 20.3 Å². The number of aryl methyl sites for hydroxylation is 1. The number of benzene rings is 1. The zero-order valence-corrected chi connectivity index (χ0v) is 17.7. The van der Waals surface area contributed by atoms with E-state index in [-0.39, 0.29) is 22.7 Å². The number of carbonyl (C=O) groups is 1. The van der Waals surface area contributed by atoms with Crippen LogP contribution in [0.1, 0.15) is 21.9 Å². The Labute approximate surface area is 192 Å². The Morgan fingerprint density at radius 1 is 1.09 bits per heavy atom. The quantitative estimate of drug-likeness (QED) is 0.365. The van der Waals surface area contributed by atoms with Crippen LogP contribution in [0.4, 0.5) is 33.5 Å². The molecule has 0 atom stereocenters. The Kier molecular flexibility index (Phi) is 4.93. The highest BCUT2D eigenvalue weighted by molar-refractivity contribution is 6.03. The summed E-state index contributed by atoms with van der Waals surface area (Å²) in [4.78, 5) is 25.1. The highest BCUT2D eigenvalue weighted by atomic mass is 19.4. The zero-order chi connectivity index (χ0) is 25.1. The lowest BCUT2D eigenvalue weighted by Crippen LogP contribution is -2.16. The molecule has 4 aromatic heterocycles. The van der Waals surface area contributed by atoms with Crippen LogP contribution in [0.2, 0.25) is 0 Å². The molecule has 0 saturated heterocycles. The van der Waals surface area contributed by atoms with Gasteiger partial charge >= 0.3 is 6.18 Å². The highest BCUT2D eigenvalue weighted by Gasteiger charge is 2.31. The molecular weight excluding hydrogens is 473 g/mol. The van der Waals surface area contributed by atoms with Gasteiger partial charge < -0.3 is 11.1 Å². The molecule has 5 aromatic rings. The fourth-order valence-electron chi connectivity index (χ4n) is 3.75. The maximum Gasteiger partial charge on any atom is 0.416 e. The molecule has 0 spiro atoms. The Balaban J connectivity index is 1.52. The molecule has 4 heterocycles. The summed E-state index contributed by atoms with van der Waals surface area (Å²) in [6.45, 7) is 1.60. The summed E-state index contributed by atoms with van der Waals surface area (Å²) in [5.74, 6) is -2.14. The van der Waals surface area contributed by atoms with Crippen LogP contribution in [0.15, 0.2) is 48.9 Å². The Bertz CT molecular complexity index is 1640. The predicted molar refractivity (Wildman–Crippen MR) is 116 cm³/mol. The van der Waals surface area contributed by atoms with Crippen molar-refractivity contribution in [3.8, 4) is 11.3 Å². The number of pyridine rings is 1. The van der Waals surface area contributed by atoms with Crippen LogP contribution >= 0.6 is 0 Å². The summed E-state index contributed by atoms with van der Waals surface area (Å²) >= 11 is 0. The van der Waals surface area contributed by atoms with Crippen molar-refractivity contribution in [1.29, 1.82) is 0 Å². The van der Waals surface area contributed by atoms with Crippen LogP contribution in [0, 0.1) is 18.7 Å². The van der Waals surface area contributed by atoms with Crippen molar-refractivity contribution in [2.24, 2.45) is 0 Å². The van der Waals surface area contributed by atoms with Crippen LogP contribution < -0.4 is 11.1 Å². The van der Waals surface area contributed by atoms with Crippen molar-refractivity contribution < 1.29 is 26.7 Å². The van der Waals surface area contributed by atoms with Crippen LogP contribution in [0.25, 0.3) is 22.4 Å². The van der Waals surface area contributed by atoms with Gasteiger partial charge in [0.05, 0.1) is 23.6 Å². The van der Waals surface area contributed by atoms with E-state index < -0.39 is 35.1 Å². The monoisotopic (exact) mass is 487 g/mol. The number of aromatic nitrogens is 5. The number of anilines is 2. The number of halogens is 5. The minimum atomic E-state index is -4.70. The number of imidazole rings is 2. The van der Waals surface area contributed by atoms with E-state index >= 15 is 0 Å². The van der Waals surface area contributed by atoms with Gasteiger partial charge in [-0.25, -0.2) is 19.3 Å². The first-order valence-corrected chi connectivity index (χ1v) is 9.99. The maximum atomic E-state index is 14.3. The molecular formula is C22H14F5N7O. The number of nitrogens with zero attached hydrogens (tertiary/aromatic N) is 5. The van der Waals surface area contributed by atoms with Crippen LogP contribution in [0.3, 0.4) is 0 Å². The number of hydrogen-bond donors (Lipinski definition) is 2. The molecule has 0 aliphatic heterocycles. The second-order valence-electron chi connectivity index (χ2n) is 7.59. The number of rotatable bonds is 3. The molecule has 0 unspecified atom stereocenters. The van der Waals surface area contributed by atoms with Crippen LogP contribution in [-0.4, -0.2) is 29.7 Å². The lowest BCUT2D eigenvalue weighted by molar-refractivity contribution is -0.137. The normalized spacial score (nSPS) is 11.9. The molecule has 3 N–H and O–H groups in total. The van der Waals surface area contributed by atoms with E-state index in [4.69, 9.17) is 5.73 Å². The molecule has 0 radical (unpaired) electrons. The molecule has 0 fully saturated rings. The van der Waals surface area contributed by atoms with Crippen molar-refractivity contribution in [2.75, 3.05) is 11.1 Å². The summed E-state index contributed by atoms with van der Waals surface area (Å²) in [6.07, 6.45) is -1.06. The van der Waals surface area contributed by atoms with Gasteiger partial charge in [-0.3, -0.25) is 13.6 Å². The van der Waals surface area contributed by atoms with Gasteiger partial charge in [-0.1, -0.05) is 0 Å². The first kappa shape index (κ1) is 22.3. The van der Waals surface area contributed by atoms with Gasteiger partial charge in [-0.2, -0.15) is 17.6 Å². The van der Waals surface area contributed by atoms with Crippen LogP contribution in [-0.2, 0) is 6.18 Å². The molecule has 0 aliphatic carbocycles. The van der Waals surface area contributed by atoms with E-state index in [1.54, 1.807) is 19.1 Å². The second kappa shape index (κ2) is 7.75. The minimum Gasteiger partial charge on any atom is -0.382 e. The van der Waals surface area contributed by atoms with E-state index in [1.165, 1.54) is 21.2 Å². The summed E-state index contributed by atoms with van der Waals surface area (Å²) in [7, 11) is 0. The third kappa shape index (κ3) is 3.70. The van der Waals surface area contributed by atoms with Gasteiger partial charge in [0.15, 0.2) is 0 Å². The number of alkyl halides is 3. The van der Waals surface area contributed by atoms with Crippen molar-refractivity contribution >= 4 is 28.6 Å². The lowest BCUT2D eigenvalue weighted by atomic mass is 10.1. The van der Waals surface area contributed by atoms with Crippen molar-refractivity contribution in [1.82, 2.24) is 23.8 Å². The summed E-state index contributed by atoms with van der Waals surface area (Å²) < 4.78 is 69.7. The van der Waals surface area contributed by atoms with Gasteiger partial charge in [0.2, 0.25) is 5.95 Å². The summed E-state index contributed by atoms with van der Waals surface area (Å²) in [6, 6.07) is 4.85.